The minimum atomic E-state index is -0.553. The molecule has 1 amide bonds. The number of carbonyl (C=O) groups excluding carboxylic acids is 1. The molecular formula is C16H21N3O2S2. The van der Waals surface area contributed by atoms with Gasteiger partial charge in [-0.1, -0.05) is 61.6 Å². The van der Waals surface area contributed by atoms with Gasteiger partial charge in [-0.25, -0.2) is 0 Å². The first-order valence-corrected chi connectivity index (χ1v) is 9.22. The third kappa shape index (κ3) is 5.51. The van der Waals surface area contributed by atoms with E-state index in [-0.39, 0.29) is 5.91 Å². The number of anilines is 1. The summed E-state index contributed by atoms with van der Waals surface area (Å²) in [5.41, 5.74) is 1.15. The van der Waals surface area contributed by atoms with Gasteiger partial charge in [0.2, 0.25) is 5.13 Å². The number of hydrogen-bond acceptors (Lipinski definition) is 6. The Balaban J connectivity index is 1.96. The number of nitrogens with zero attached hydrogens (tertiary/aromatic N) is 2. The van der Waals surface area contributed by atoms with Gasteiger partial charge in [0.15, 0.2) is 10.4 Å². The second-order valence-electron chi connectivity index (χ2n) is 5.36. The lowest BCUT2D eigenvalue weighted by Gasteiger charge is -2.16. The Morgan fingerprint density at radius 1 is 1.30 bits per heavy atom. The molecule has 1 atom stereocenters. The molecule has 2 aromatic rings. The molecule has 0 fully saturated rings. The van der Waals surface area contributed by atoms with E-state index in [4.69, 9.17) is 4.74 Å². The second-order valence-corrected chi connectivity index (χ2v) is 8.16. The molecule has 1 N–H and O–H groups in total. The highest BCUT2D eigenvalue weighted by Crippen LogP contribution is 2.28. The fourth-order valence-corrected chi connectivity index (χ4v) is 3.78. The molecule has 0 bridgehead atoms. The smallest absolute Gasteiger partial charge is 0.267 e. The zero-order valence-corrected chi connectivity index (χ0v) is 15.3. The van der Waals surface area contributed by atoms with Gasteiger partial charge >= 0.3 is 0 Å². The van der Waals surface area contributed by atoms with Gasteiger partial charge in [-0.2, -0.15) is 0 Å². The first-order chi connectivity index (χ1) is 11.0. The predicted molar refractivity (Wildman–Crippen MR) is 95.4 cm³/mol. The van der Waals surface area contributed by atoms with E-state index in [1.54, 1.807) is 11.8 Å². The number of aromatic nitrogens is 2. The Hall–Kier alpha value is -1.60. The largest absolute Gasteiger partial charge is 0.481 e. The number of rotatable bonds is 7. The van der Waals surface area contributed by atoms with Gasteiger partial charge in [0.1, 0.15) is 5.75 Å². The van der Waals surface area contributed by atoms with Gasteiger partial charge in [0, 0.05) is 5.25 Å². The van der Waals surface area contributed by atoms with Crippen LogP contribution in [0.4, 0.5) is 5.13 Å². The molecule has 1 aromatic heterocycles. The summed E-state index contributed by atoms with van der Waals surface area (Å²) in [6.45, 7) is 8.11. The average molecular weight is 351 g/mol. The summed E-state index contributed by atoms with van der Waals surface area (Å²) < 4.78 is 6.61. The van der Waals surface area contributed by atoms with Crippen LogP contribution in [0.1, 0.15) is 32.8 Å². The van der Waals surface area contributed by atoms with Crippen LogP contribution in [-0.4, -0.2) is 27.5 Å². The fourth-order valence-electron chi connectivity index (χ4n) is 1.80. The molecule has 0 aliphatic carbocycles. The number of hydrogen-bond donors (Lipinski definition) is 1. The molecule has 0 aliphatic rings. The summed E-state index contributed by atoms with van der Waals surface area (Å²) in [6.07, 6.45) is 0.0226. The van der Waals surface area contributed by atoms with E-state index in [0.29, 0.717) is 22.6 Å². The quantitative estimate of drug-likeness (QED) is 0.600. The minimum Gasteiger partial charge on any atom is -0.481 e. The summed E-state index contributed by atoms with van der Waals surface area (Å²) in [5.74, 6) is 0.483. The number of thioether (sulfide) groups is 1. The van der Waals surface area contributed by atoms with Crippen molar-refractivity contribution in [2.75, 3.05) is 5.32 Å². The number of amides is 1. The Labute approximate surface area is 144 Å². The van der Waals surface area contributed by atoms with Crippen LogP contribution in [0.3, 0.4) is 0 Å². The van der Waals surface area contributed by atoms with Crippen molar-refractivity contribution in [1.82, 2.24) is 10.2 Å². The molecule has 1 heterocycles. The summed E-state index contributed by atoms with van der Waals surface area (Å²) in [4.78, 5) is 12.3. The van der Waals surface area contributed by atoms with Crippen molar-refractivity contribution >= 4 is 34.1 Å². The van der Waals surface area contributed by atoms with E-state index >= 15 is 0 Å². The SMILES string of the molecule is CC[C@@H](Oc1ccc(C)cc1)C(=O)Nc1nnc(SC(C)C)s1. The molecular weight excluding hydrogens is 330 g/mol. The van der Waals surface area contributed by atoms with Crippen LogP contribution in [0.15, 0.2) is 28.6 Å². The van der Waals surface area contributed by atoms with Gasteiger partial charge in [-0.15, -0.1) is 10.2 Å². The van der Waals surface area contributed by atoms with Crippen molar-refractivity contribution in [2.24, 2.45) is 0 Å². The van der Waals surface area contributed by atoms with E-state index in [2.05, 4.69) is 29.4 Å². The zero-order valence-electron chi connectivity index (χ0n) is 13.7. The number of ether oxygens (including phenoxy) is 1. The van der Waals surface area contributed by atoms with E-state index in [1.807, 2.05) is 38.1 Å². The van der Waals surface area contributed by atoms with Crippen LogP contribution < -0.4 is 10.1 Å². The van der Waals surface area contributed by atoms with Gasteiger partial charge in [0.05, 0.1) is 0 Å². The first kappa shape index (κ1) is 17.7. The molecule has 0 aliphatic heterocycles. The molecule has 124 valence electrons. The van der Waals surface area contributed by atoms with Gasteiger partial charge in [0.25, 0.3) is 5.91 Å². The lowest BCUT2D eigenvalue weighted by atomic mass is 10.2. The Morgan fingerprint density at radius 2 is 2.00 bits per heavy atom. The van der Waals surface area contributed by atoms with Crippen LogP contribution >= 0.6 is 23.1 Å². The fraction of sp³-hybridized carbons (Fsp3) is 0.438. The molecule has 0 saturated carbocycles. The number of aryl methyl sites for hydroxylation is 1. The topological polar surface area (TPSA) is 64.1 Å². The van der Waals surface area contributed by atoms with Crippen molar-refractivity contribution in [3.05, 3.63) is 29.8 Å². The molecule has 1 aromatic carbocycles. The lowest BCUT2D eigenvalue weighted by Crippen LogP contribution is -2.32. The Bertz CT molecular complexity index is 641. The molecule has 5 nitrogen and oxygen atoms in total. The molecule has 7 heteroatoms. The highest BCUT2D eigenvalue weighted by molar-refractivity contribution is 8.01. The second kappa shape index (κ2) is 8.31. The summed E-state index contributed by atoms with van der Waals surface area (Å²) >= 11 is 3.01. The highest BCUT2D eigenvalue weighted by Gasteiger charge is 2.20. The van der Waals surface area contributed by atoms with Crippen LogP contribution in [-0.2, 0) is 4.79 Å². The van der Waals surface area contributed by atoms with Crippen LogP contribution in [0.2, 0.25) is 0 Å². The molecule has 2 rings (SSSR count). The summed E-state index contributed by atoms with van der Waals surface area (Å²) in [5, 5.41) is 11.8. The van der Waals surface area contributed by atoms with Crippen molar-refractivity contribution < 1.29 is 9.53 Å². The van der Waals surface area contributed by atoms with Crippen LogP contribution in [0.25, 0.3) is 0 Å². The third-order valence-electron chi connectivity index (χ3n) is 2.94. The highest BCUT2D eigenvalue weighted by atomic mass is 32.2. The summed E-state index contributed by atoms with van der Waals surface area (Å²) in [6, 6.07) is 7.65. The molecule has 0 spiro atoms. The monoisotopic (exact) mass is 351 g/mol. The standard InChI is InChI=1S/C16H21N3O2S2/c1-5-13(21-12-8-6-11(4)7-9-12)14(20)17-15-18-19-16(23-15)22-10(2)3/h6-10,13H,5H2,1-4H3,(H,17,18,20)/t13-/m1/s1. The van der Waals surface area contributed by atoms with Gasteiger partial charge in [-0.3, -0.25) is 10.1 Å². The van der Waals surface area contributed by atoms with Crippen molar-refractivity contribution in [2.45, 2.75) is 49.8 Å². The van der Waals surface area contributed by atoms with E-state index in [9.17, 15) is 4.79 Å². The average Bonchev–Trinajstić information content (AvgIpc) is 2.92. The molecule has 23 heavy (non-hydrogen) atoms. The van der Waals surface area contributed by atoms with Crippen molar-refractivity contribution in [3.63, 3.8) is 0 Å². The van der Waals surface area contributed by atoms with E-state index < -0.39 is 6.10 Å². The van der Waals surface area contributed by atoms with Crippen molar-refractivity contribution in [3.8, 4) is 5.75 Å². The van der Waals surface area contributed by atoms with Gasteiger partial charge in [-0.05, 0) is 25.5 Å². The van der Waals surface area contributed by atoms with Crippen molar-refractivity contribution in [1.29, 1.82) is 0 Å². The van der Waals surface area contributed by atoms with Gasteiger partial charge < -0.3 is 4.74 Å². The minimum absolute atomic E-state index is 0.203. The number of nitrogens with one attached hydrogen (secondary N) is 1. The maximum atomic E-state index is 12.3. The van der Waals surface area contributed by atoms with Crippen LogP contribution in [0, 0.1) is 6.92 Å². The zero-order chi connectivity index (χ0) is 16.8. The Kier molecular flexibility index (Phi) is 6.41. The van der Waals surface area contributed by atoms with Crippen LogP contribution in [0.5, 0.6) is 5.75 Å². The molecule has 0 saturated heterocycles. The molecule has 0 radical (unpaired) electrons. The number of carbonyl (C=O) groups is 1. The van der Waals surface area contributed by atoms with E-state index in [0.717, 1.165) is 9.90 Å². The van der Waals surface area contributed by atoms with E-state index in [1.165, 1.54) is 11.3 Å². The lowest BCUT2D eigenvalue weighted by molar-refractivity contribution is -0.122. The third-order valence-corrected chi connectivity index (χ3v) is 4.86. The first-order valence-electron chi connectivity index (χ1n) is 7.52. The number of benzene rings is 1. The molecule has 0 unspecified atom stereocenters. The maximum Gasteiger partial charge on any atom is 0.267 e. The summed E-state index contributed by atoms with van der Waals surface area (Å²) in [7, 11) is 0. The predicted octanol–water partition coefficient (Wildman–Crippen LogP) is 4.14. The maximum absolute atomic E-state index is 12.3. The Morgan fingerprint density at radius 3 is 2.61 bits per heavy atom. The normalized spacial score (nSPS) is 12.2.